The van der Waals surface area contributed by atoms with Crippen molar-refractivity contribution < 1.29 is 18.7 Å². The summed E-state index contributed by atoms with van der Waals surface area (Å²) in [6, 6.07) is 11.5. The van der Waals surface area contributed by atoms with Crippen LogP contribution in [0.1, 0.15) is 15.9 Å². The molecule has 3 N–H and O–H groups in total. The minimum Gasteiger partial charge on any atom is -0.497 e. The van der Waals surface area contributed by atoms with E-state index in [1.807, 2.05) is 0 Å². The highest BCUT2D eigenvalue weighted by Crippen LogP contribution is 2.23. The number of carbonyl (C=O) groups is 2. The molecule has 1 aromatic heterocycles. The second kappa shape index (κ2) is 8.14. The van der Waals surface area contributed by atoms with E-state index in [0.29, 0.717) is 32.9 Å². The summed E-state index contributed by atoms with van der Waals surface area (Å²) >= 11 is 5.82. The summed E-state index contributed by atoms with van der Waals surface area (Å²) in [5, 5.41) is 3.70. The van der Waals surface area contributed by atoms with Crippen molar-refractivity contribution >= 4 is 34.4 Å². The van der Waals surface area contributed by atoms with Crippen molar-refractivity contribution in [3.63, 3.8) is 0 Å². The third-order valence-corrected chi connectivity index (χ3v) is 4.47. The van der Waals surface area contributed by atoms with E-state index in [-0.39, 0.29) is 6.42 Å². The normalized spacial score (nSPS) is 11.8. The Hall–Kier alpha value is -3.32. The minimum atomic E-state index is -1.02. The quantitative estimate of drug-likeness (QED) is 0.616. The molecule has 0 saturated carbocycles. The molecule has 0 saturated heterocycles. The number of primary amides is 1. The third-order valence-electron chi connectivity index (χ3n) is 4.22. The molecule has 2 aromatic carbocycles. The molecule has 144 valence electrons. The minimum absolute atomic E-state index is 0.0308. The van der Waals surface area contributed by atoms with Gasteiger partial charge in [0, 0.05) is 34.5 Å². The van der Waals surface area contributed by atoms with Gasteiger partial charge in [0.05, 0.1) is 7.11 Å². The number of nitrogens with one attached hydrogen (secondary N) is 1. The number of ether oxygens (including phenoxy) is 1. The van der Waals surface area contributed by atoms with Gasteiger partial charge >= 0.3 is 5.63 Å². The summed E-state index contributed by atoms with van der Waals surface area (Å²) in [4.78, 5) is 36.2. The fraction of sp³-hybridized carbons (Fsp3) is 0.150. The molecule has 1 atom stereocenters. The fourth-order valence-electron chi connectivity index (χ4n) is 2.79. The first kappa shape index (κ1) is 19.4. The Morgan fingerprint density at radius 1 is 1.18 bits per heavy atom. The molecule has 3 aromatic rings. The van der Waals surface area contributed by atoms with E-state index in [9.17, 15) is 14.4 Å². The van der Waals surface area contributed by atoms with Gasteiger partial charge in [0.15, 0.2) is 0 Å². The van der Waals surface area contributed by atoms with Gasteiger partial charge in [-0.15, -0.1) is 0 Å². The van der Waals surface area contributed by atoms with Gasteiger partial charge in [0.2, 0.25) is 5.91 Å². The summed E-state index contributed by atoms with van der Waals surface area (Å²) in [6.07, 6.45) is 0.0308. The Bertz CT molecular complexity index is 1090. The van der Waals surface area contributed by atoms with E-state index in [4.69, 9.17) is 26.5 Å². The number of halogens is 1. The van der Waals surface area contributed by atoms with Crippen LogP contribution >= 0.6 is 11.6 Å². The number of hydrogen-bond donors (Lipinski definition) is 2. The smallest absolute Gasteiger partial charge is 0.336 e. The van der Waals surface area contributed by atoms with Gasteiger partial charge in [0.1, 0.15) is 17.4 Å². The van der Waals surface area contributed by atoms with Gasteiger partial charge in [-0.25, -0.2) is 4.79 Å². The molecular formula is C20H17ClN2O5. The maximum Gasteiger partial charge on any atom is 0.336 e. The molecule has 0 aliphatic heterocycles. The van der Waals surface area contributed by atoms with Crippen molar-refractivity contribution in [1.29, 1.82) is 0 Å². The summed E-state index contributed by atoms with van der Waals surface area (Å²) in [6.45, 7) is 0. The largest absolute Gasteiger partial charge is 0.497 e. The van der Waals surface area contributed by atoms with Crippen molar-refractivity contribution in [1.82, 2.24) is 5.32 Å². The molecule has 0 bridgehead atoms. The van der Waals surface area contributed by atoms with Crippen molar-refractivity contribution in [2.75, 3.05) is 7.11 Å². The van der Waals surface area contributed by atoms with Crippen LogP contribution in [0.4, 0.5) is 0 Å². The zero-order valence-corrected chi connectivity index (χ0v) is 15.7. The molecule has 0 aliphatic rings. The van der Waals surface area contributed by atoms with Crippen LogP contribution in [-0.4, -0.2) is 25.0 Å². The molecule has 0 spiro atoms. The molecule has 0 radical (unpaired) electrons. The molecule has 0 aliphatic carbocycles. The lowest BCUT2D eigenvalue weighted by Gasteiger charge is -2.16. The second-order valence-electron chi connectivity index (χ2n) is 6.09. The highest BCUT2D eigenvalue weighted by molar-refractivity contribution is 6.30. The number of rotatable bonds is 6. The standard InChI is InChI=1S/C20H17ClN2O5/c1-27-14-6-7-15-12(9-18(24)28-17(15)10-14)8-16(19(22)25)23-20(26)11-2-4-13(21)5-3-11/h2-7,9-10,16H,8H2,1H3,(H2,22,25)(H,23,26)/t16-/m1/s1. The van der Waals surface area contributed by atoms with Crippen molar-refractivity contribution in [3.8, 4) is 5.75 Å². The number of hydrogen-bond acceptors (Lipinski definition) is 5. The number of methoxy groups -OCH3 is 1. The molecule has 2 amide bonds. The predicted molar refractivity (Wildman–Crippen MR) is 105 cm³/mol. The molecule has 1 heterocycles. The van der Waals surface area contributed by atoms with Gasteiger partial charge in [-0.1, -0.05) is 11.6 Å². The van der Waals surface area contributed by atoms with Gasteiger partial charge in [-0.05, 0) is 42.0 Å². The van der Waals surface area contributed by atoms with E-state index in [2.05, 4.69) is 5.32 Å². The average Bonchev–Trinajstić information content (AvgIpc) is 2.67. The topological polar surface area (TPSA) is 112 Å². The fourth-order valence-corrected chi connectivity index (χ4v) is 2.92. The summed E-state index contributed by atoms with van der Waals surface area (Å²) in [5.74, 6) is -0.679. The first-order chi connectivity index (χ1) is 13.4. The predicted octanol–water partition coefficient (Wildman–Crippen LogP) is 2.28. The first-order valence-corrected chi connectivity index (χ1v) is 8.71. The van der Waals surface area contributed by atoms with Crippen LogP contribution in [-0.2, 0) is 11.2 Å². The van der Waals surface area contributed by atoms with E-state index in [0.717, 1.165) is 0 Å². The molecule has 8 heteroatoms. The monoisotopic (exact) mass is 400 g/mol. The lowest BCUT2D eigenvalue weighted by atomic mass is 10.0. The first-order valence-electron chi connectivity index (χ1n) is 8.34. The zero-order valence-electron chi connectivity index (χ0n) is 14.9. The molecule has 7 nitrogen and oxygen atoms in total. The Kier molecular flexibility index (Phi) is 5.65. The van der Waals surface area contributed by atoms with Crippen molar-refractivity contribution in [2.24, 2.45) is 5.73 Å². The third kappa shape index (κ3) is 4.32. The van der Waals surface area contributed by atoms with Crippen molar-refractivity contribution in [2.45, 2.75) is 12.5 Å². The van der Waals surface area contributed by atoms with Crippen LogP contribution in [0.25, 0.3) is 11.0 Å². The molecule has 0 unspecified atom stereocenters. The highest BCUT2D eigenvalue weighted by atomic mass is 35.5. The van der Waals surface area contributed by atoms with Crippen LogP contribution in [0, 0.1) is 0 Å². The number of nitrogens with two attached hydrogens (primary N) is 1. The molecule has 0 fully saturated rings. The summed E-state index contributed by atoms with van der Waals surface area (Å²) in [7, 11) is 1.50. The Morgan fingerprint density at radius 2 is 1.89 bits per heavy atom. The van der Waals surface area contributed by atoms with Gasteiger partial charge in [-0.3, -0.25) is 9.59 Å². The number of fused-ring (bicyclic) bond motifs is 1. The van der Waals surface area contributed by atoms with Crippen LogP contribution in [0.15, 0.2) is 57.7 Å². The number of carbonyl (C=O) groups excluding carboxylic acids is 2. The molecule has 3 rings (SSSR count). The van der Waals surface area contributed by atoms with Crippen LogP contribution < -0.4 is 21.4 Å². The van der Waals surface area contributed by atoms with E-state index >= 15 is 0 Å². The molecule has 28 heavy (non-hydrogen) atoms. The van der Waals surface area contributed by atoms with Crippen LogP contribution in [0.5, 0.6) is 5.75 Å². The van der Waals surface area contributed by atoms with Gasteiger partial charge in [-0.2, -0.15) is 0 Å². The van der Waals surface area contributed by atoms with Crippen molar-refractivity contribution in [3.05, 3.63) is 75.1 Å². The Labute approximate surface area is 165 Å². The zero-order chi connectivity index (χ0) is 20.3. The van der Waals surface area contributed by atoms with E-state index in [1.54, 1.807) is 30.3 Å². The number of benzene rings is 2. The average molecular weight is 401 g/mol. The van der Waals surface area contributed by atoms with Gasteiger partial charge in [0.25, 0.3) is 5.91 Å². The lowest BCUT2D eigenvalue weighted by Crippen LogP contribution is -2.46. The Morgan fingerprint density at radius 3 is 2.54 bits per heavy atom. The highest BCUT2D eigenvalue weighted by Gasteiger charge is 2.21. The lowest BCUT2D eigenvalue weighted by molar-refractivity contribution is -0.119. The second-order valence-corrected chi connectivity index (χ2v) is 6.53. The summed E-state index contributed by atoms with van der Waals surface area (Å²) < 4.78 is 10.3. The van der Waals surface area contributed by atoms with E-state index < -0.39 is 23.5 Å². The SMILES string of the molecule is COc1ccc2c(C[C@@H](NC(=O)c3ccc(Cl)cc3)C(N)=O)cc(=O)oc2c1. The summed E-state index contributed by atoms with van der Waals surface area (Å²) in [5.41, 5.74) is 6.05. The number of amides is 2. The van der Waals surface area contributed by atoms with E-state index in [1.165, 1.54) is 25.3 Å². The van der Waals surface area contributed by atoms with Gasteiger partial charge < -0.3 is 20.2 Å². The van der Waals surface area contributed by atoms with Crippen LogP contribution in [0.3, 0.4) is 0 Å². The maximum atomic E-state index is 12.4. The maximum absolute atomic E-state index is 12.4. The molecular weight excluding hydrogens is 384 g/mol. The Balaban J connectivity index is 1.90. The van der Waals surface area contributed by atoms with Crippen LogP contribution in [0.2, 0.25) is 5.02 Å².